The molecule has 1 heterocycles. The van der Waals surface area contributed by atoms with E-state index in [0.717, 1.165) is 11.4 Å². The summed E-state index contributed by atoms with van der Waals surface area (Å²) in [5.41, 5.74) is 1.46. The molecule has 0 saturated carbocycles. The minimum atomic E-state index is -0.211. The predicted octanol–water partition coefficient (Wildman–Crippen LogP) is 0.352. The van der Waals surface area contributed by atoms with Crippen LogP contribution in [0, 0.1) is 13.8 Å². The second-order valence-corrected chi connectivity index (χ2v) is 4.42. The number of carbonyl (C=O) groups excluding carboxylic acids is 1. The molecule has 0 aliphatic heterocycles. The quantitative estimate of drug-likeness (QED) is 0.794. The fraction of sp³-hybridized carbons (Fsp3) is 0.538. The molecule has 1 aromatic rings. The van der Waals surface area contributed by atoms with Gasteiger partial charge < -0.3 is 15.0 Å². The highest BCUT2D eigenvalue weighted by molar-refractivity contribution is 5.76. The van der Waals surface area contributed by atoms with Crippen molar-refractivity contribution in [1.29, 1.82) is 0 Å². The molecule has 0 spiro atoms. The topological polar surface area (TPSA) is 71.3 Å². The molecule has 1 amide bonds. The number of aromatic nitrogens is 1. The van der Waals surface area contributed by atoms with Gasteiger partial charge in [-0.1, -0.05) is 6.92 Å². The summed E-state index contributed by atoms with van der Waals surface area (Å²) in [5, 5.41) is 11.8. The van der Waals surface area contributed by atoms with E-state index in [1.165, 1.54) is 12.1 Å². The molecule has 0 radical (unpaired) electrons. The molecule has 0 aliphatic rings. The number of nitrogens with one attached hydrogen (secondary N) is 1. The lowest BCUT2D eigenvalue weighted by molar-refractivity contribution is -0.122. The SMILES string of the molecule is CCC(CO)NC(=O)Cn1c(C)cc(=O)cc1C. The zero-order valence-corrected chi connectivity index (χ0v) is 11.1. The summed E-state index contributed by atoms with van der Waals surface area (Å²) in [6.45, 7) is 5.59. The third-order valence-corrected chi connectivity index (χ3v) is 2.93. The van der Waals surface area contributed by atoms with Crippen LogP contribution in [-0.2, 0) is 11.3 Å². The Kier molecular flexibility index (Phi) is 5.09. The van der Waals surface area contributed by atoms with Gasteiger partial charge in [0.1, 0.15) is 6.54 Å². The second kappa shape index (κ2) is 6.35. The van der Waals surface area contributed by atoms with Crippen molar-refractivity contribution >= 4 is 5.91 Å². The Labute approximate surface area is 106 Å². The maximum Gasteiger partial charge on any atom is 0.240 e. The fourth-order valence-electron chi connectivity index (χ4n) is 1.83. The predicted molar refractivity (Wildman–Crippen MR) is 69.5 cm³/mol. The highest BCUT2D eigenvalue weighted by Crippen LogP contribution is 2.01. The van der Waals surface area contributed by atoms with Crippen LogP contribution in [0.1, 0.15) is 24.7 Å². The number of aryl methyl sites for hydroxylation is 2. The van der Waals surface area contributed by atoms with E-state index in [9.17, 15) is 9.59 Å². The standard InChI is InChI=1S/C13H20N2O3/c1-4-11(8-16)14-13(18)7-15-9(2)5-12(17)6-10(15)3/h5-6,11,16H,4,7-8H2,1-3H3,(H,14,18). The van der Waals surface area contributed by atoms with Gasteiger partial charge in [0.25, 0.3) is 0 Å². The van der Waals surface area contributed by atoms with Crippen LogP contribution in [0.5, 0.6) is 0 Å². The second-order valence-electron chi connectivity index (χ2n) is 4.42. The molecule has 0 bridgehead atoms. The van der Waals surface area contributed by atoms with E-state index in [2.05, 4.69) is 5.32 Å². The van der Waals surface area contributed by atoms with E-state index in [0.29, 0.717) is 6.42 Å². The van der Waals surface area contributed by atoms with E-state index in [-0.39, 0.29) is 30.5 Å². The van der Waals surface area contributed by atoms with Gasteiger partial charge in [-0.25, -0.2) is 0 Å². The molecule has 1 rings (SSSR count). The van der Waals surface area contributed by atoms with Crippen molar-refractivity contribution < 1.29 is 9.90 Å². The monoisotopic (exact) mass is 252 g/mol. The van der Waals surface area contributed by atoms with Crippen LogP contribution >= 0.6 is 0 Å². The average molecular weight is 252 g/mol. The summed E-state index contributed by atoms with van der Waals surface area (Å²) in [6.07, 6.45) is 0.685. The Balaban J connectivity index is 2.79. The number of hydrogen-bond donors (Lipinski definition) is 2. The summed E-state index contributed by atoms with van der Waals surface area (Å²) < 4.78 is 1.78. The molecular formula is C13H20N2O3. The number of rotatable bonds is 5. The van der Waals surface area contributed by atoms with Gasteiger partial charge in [0.05, 0.1) is 12.6 Å². The Bertz CT molecular complexity index is 449. The maximum absolute atomic E-state index is 11.8. The van der Waals surface area contributed by atoms with E-state index >= 15 is 0 Å². The average Bonchev–Trinajstić information content (AvgIpc) is 2.30. The van der Waals surface area contributed by atoms with E-state index < -0.39 is 0 Å². The van der Waals surface area contributed by atoms with Crippen LogP contribution in [0.4, 0.5) is 0 Å². The molecule has 2 N–H and O–H groups in total. The lowest BCUT2D eigenvalue weighted by atomic mass is 10.2. The molecular weight excluding hydrogens is 232 g/mol. The Morgan fingerprint density at radius 2 is 1.94 bits per heavy atom. The summed E-state index contributed by atoms with van der Waals surface area (Å²) in [4.78, 5) is 23.1. The number of aliphatic hydroxyl groups is 1. The Morgan fingerprint density at radius 3 is 2.39 bits per heavy atom. The molecule has 0 fully saturated rings. The van der Waals surface area contributed by atoms with E-state index in [4.69, 9.17) is 5.11 Å². The van der Waals surface area contributed by atoms with Crippen LogP contribution in [0.25, 0.3) is 0 Å². The van der Waals surface area contributed by atoms with Crippen LogP contribution in [0.15, 0.2) is 16.9 Å². The summed E-state index contributed by atoms with van der Waals surface area (Å²) in [5.74, 6) is -0.161. The first-order valence-corrected chi connectivity index (χ1v) is 6.06. The van der Waals surface area contributed by atoms with Crippen LogP contribution in [0.2, 0.25) is 0 Å². The zero-order chi connectivity index (χ0) is 13.7. The third-order valence-electron chi connectivity index (χ3n) is 2.93. The van der Waals surface area contributed by atoms with Gasteiger partial charge >= 0.3 is 0 Å². The minimum Gasteiger partial charge on any atom is -0.394 e. The smallest absolute Gasteiger partial charge is 0.240 e. The first kappa shape index (κ1) is 14.4. The molecule has 1 aromatic heterocycles. The highest BCUT2D eigenvalue weighted by atomic mass is 16.3. The fourth-order valence-corrected chi connectivity index (χ4v) is 1.83. The van der Waals surface area contributed by atoms with Crippen molar-refractivity contribution in [2.24, 2.45) is 0 Å². The zero-order valence-electron chi connectivity index (χ0n) is 11.1. The summed E-state index contributed by atoms with van der Waals surface area (Å²) >= 11 is 0. The van der Waals surface area contributed by atoms with Crippen LogP contribution in [0.3, 0.4) is 0 Å². The van der Waals surface area contributed by atoms with Crippen molar-refractivity contribution in [2.75, 3.05) is 6.61 Å². The van der Waals surface area contributed by atoms with Gasteiger partial charge in [-0.3, -0.25) is 9.59 Å². The summed E-state index contributed by atoms with van der Waals surface area (Å²) in [7, 11) is 0. The highest BCUT2D eigenvalue weighted by Gasteiger charge is 2.11. The lowest BCUT2D eigenvalue weighted by Gasteiger charge is -2.17. The Morgan fingerprint density at radius 1 is 1.39 bits per heavy atom. The number of carbonyl (C=O) groups is 1. The molecule has 18 heavy (non-hydrogen) atoms. The van der Waals surface area contributed by atoms with Crippen molar-refractivity contribution in [3.05, 3.63) is 33.7 Å². The van der Waals surface area contributed by atoms with Crippen LogP contribution < -0.4 is 10.7 Å². The largest absolute Gasteiger partial charge is 0.394 e. The lowest BCUT2D eigenvalue weighted by Crippen LogP contribution is -2.39. The van der Waals surface area contributed by atoms with Crippen molar-refractivity contribution in [1.82, 2.24) is 9.88 Å². The van der Waals surface area contributed by atoms with Gasteiger partial charge in [0.2, 0.25) is 5.91 Å². The van der Waals surface area contributed by atoms with Gasteiger partial charge in [-0.2, -0.15) is 0 Å². The number of pyridine rings is 1. The normalized spacial score (nSPS) is 12.2. The van der Waals surface area contributed by atoms with Crippen molar-refractivity contribution in [3.8, 4) is 0 Å². The molecule has 5 heteroatoms. The minimum absolute atomic E-state index is 0.0524. The molecule has 1 atom stereocenters. The summed E-state index contributed by atoms with van der Waals surface area (Å²) in [6, 6.07) is 2.80. The first-order valence-electron chi connectivity index (χ1n) is 6.06. The van der Waals surface area contributed by atoms with Crippen LogP contribution in [-0.4, -0.2) is 28.2 Å². The van der Waals surface area contributed by atoms with Gasteiger partial charge in [0.15, 0.2) is 5.43 Å². The first-order chi connectivity index (χ1) is 8.47. The van der Waals surface area contributed by atoms with Gasteiger partial charge in [-0.05, 0) is 20.3 Å². The van der Waals surface area contributed by atoms with Crippen molar-refractivity contribution in [2.45, 2.75) is 39.8 Å². The maximum atomic E-state index is 11.8. The third kappa shape index (κ3) is 3.70. The van der Waals surface area contributed by atoms with Crippen molar-refractivity contribution in [3.63, 3.8) is 0 Å². The molecule has 0 saturated heterocycles. The molecule has 100 valence electrons. The van der Waals surface area contributed by atoms with Gasteiger partial charge in [-0.15, -0.1) is 0 Å². The number of hydrogen-bond acceptors (Lipinski definition) is 3. The number of aliphatic hydroxyl groups excluding tert-OH is 1. The molecule has 5 nitrogen and oxygen atoms in total. The van der Waals surface area contributed by atoms with Gasteiger partial charge in [0, 0.05) is 23.5 Å². The molecule has 0 aliphatic carbocycles. The Hall–Kier alpha value is -1.62. The van der Waals surface area contributed by atoms with E-state index in [1.54, 1.807) is 18.4 Å². The molecule has 0 aromatic carbocycles. The van der Waals surface area contributed by atoms with E-state index in [1.807, 2.05) is 6.92 Å². The molecule has 1 unspecified atom stereocenters. The number of nitrogens with zero attached hydrogens (tertiary/aromatic N) is 1. The number of amides is 1.